The molecule has 0 bridgehead atoms. The van der Waals surface area contributed by atoms with Crippen molar-refractivity contribution in [3.63, 3.8) is 0 Å². The van der Waals surface area contributed by atoms with Crippen LogP contribution in [0, 0.1) is 6.92 Å². The number of carbonyl (C=O) groups excluding carboxylic acids is 1. The number of nitrogens with zero attached hydrogens (tertiary/aromatic N) is 3. The highest BCUT2D eigenvalue weighted by atomic mass is 16.5. The zero-order valence-electron chi connectivity index (χ0n) is 16.6. The van der Waals surface area contributed by atoms with Crippen molar-refractivity contribution >= 4 is 5.91 Å². The molecule has 1 aliphatic rings. The zero-order chi connectivity index (χ0) is 20.1. The highest BCUT2D eigenvalue weighted by Gasteiger charge is 2.22. The summed E-state index contributed by atoms with van der Waals surface area (Å²) in [5.74, 6) is -0.117. The summed E-state index contributed by atoms with van der Waals surface area (Å²) >= 11 is 0. The summed E-state index contributed by atoms with van der Waals surface area (Å²) in [6, 6.07) is 20.2. The molecule has 1 N–H and O–H groups in total. The molecule has 1 saturated heterocycles. The van der Waals surface area contributed by atoms with Crippen LogP contribution in [0.1, 0.15) is 21.6 Å². The van der Waals surface area contributed by atoms with Gasteiger partial charge in [0, 0.05) is 26.2 Å². The Kier molecular flexibility index (Phi) is 6.03. The van der Waals surface area contributed by atoms with E-state index in [2.05, 4.69) is 39.6 Å². The Morgan fingerprint density at radius 3 is 2.62 bits per heavy atom. The smallest absolute Gasteiger partial charge is 0.254 e. The molecule has 0 saturated carbocycles. The molecule has 1 unspecified atom stereocenters. The number of amides is 1. The summed E-state index contributed by atoms with van der Waals surface area (Å²) in [6.07, 6.45) is 1.61. The molecule has 0 radical (unpaired) electrons. The van der Waals surface area contributed by atoms with Gasteiger partial charge in [-0.1, -0.05) is 48.5 Å². The van der Waals surface area contributed by atoms with Crippen LogP contribution in [-0.2, 0) is 11.3 Å². The highest BCUT2D eigenvalue weighted by Crippen LogP contribution is 2.14. The number of aromatic nitrogens is 2. The van der Waals surface area contributed by atoms with Crippen molar-refractivity contribution in [2.75, 3.05) is 26.2 Å². The first kappa shape index (κ1) is 19.4. The third kappa shape index (κ3) is 4.72. The van der Waals surface area contributed by atoms with Crippen LogP contribution >= 0.6 is 0 Å². The van der Waals surface area contributed by atoms with Crippen LogP contribution in [0.5, 0.6) is 0 Å². The van der Waals surface area contributed by atoms with Crippen molar-refractivity contribution < 1.29 is 9.53 Å². The number of carbonyl (C=O) groups is 1. The van der Waals surface area contributed by atoms with E-state index >= 15 is 0 Å². The lowest BCUT2D eigenvalue weighted by atomic mass is 10.2. The second-order valence-electron chi connectivity index (χ2n) is 7.31. The molecule has 0 spiro atoms. The minimum Gasteiger partial charge on any atom is -0.374 e. The first-order valence-corrected chi connectivity index (χ1v) is 9.97. The minimum absolute atomic E-state index is 0.0131. The Morgan fingerprint density at radius 2 is 1.86 bits per heavy atom. The predicted molar refractivity (Wildman–Crippen MR) is 112 cm³/mol. The fraction of sp³-hybridized carbons (Fsp3) is 0.304. The Bertz CT molecular complexity index is 940. The monoisotopic (exact) mass is 390 g/mol. The summed E-state index contributed by atoms with van der Waals surface area (Å²) in [7, 11) is 0. The fourth-order valence-corrected chi connectivity index (χ4v) is 3.65. The van der Waals surface area contributed by atoms with Gasteiger partial charge in [0.25, 0.3) is 5.91 Å². The van der Waals surface area contributed by atoms with Crippen molar-refractivity contribution in [2.45, 2.75) is 19.6 Å². The summed E-state index contributed by atoms with van der Waals surface area (Å²) in [4.78, 5) is 15.1. The number of rotatable bonds is 6. The second-order valence-corrected chi connectivity index (χ2v) is 7.31. The normalized spacial score (nSPS) is 17.2. The molecule has 29 heavy (non-hydrogen) atoms. The van der Waals surface area contributed by atoms with Crippen LogP contribution < -0.4 is 5.32 Å². The van der Waals surface area contributed by atoms with Crippen molar-refractivity contribution in [2.24, 2.45) is 0 Å². The largest absolute Gasteiger partial charge is 0.374 e. The van der Waals surface area contributed by atoms with Crippen molar-refractivity contribution in [1.29, 1.82) is 0 Å². The van der Waals surface area contributed by atoms with E-state index in [0.717, 1.165) is 31.0 Å². The van der Waals surface area contributed by atoms with E-state index in [1.807, 2.05) is 43.3 Å². The Hall–Kier alpha value is -2.96. The zero-order valence-corrected chi connectivity index (χ0v) is 16.6. The summed E-state index contributed by atoms with van der Waals surface area (Å²) in [5, 5.41) is 7.39. The van der Waals surface area contributed by atoms with Crippen molar-refractivity contribution in [1.82, 2.24) is 20.0 Å². The van der Waals surface area contributed by atoms with Gasteiger partial charge < -0.3 is 10.1 Å². The predicted octanol–water partition coefficient (Wildman–Crippen LogP) is 2.81. The molecule has 2 heterocycles. The van der Waals surface area contributed by atoms with Crippen LogP contribution in [-0.4, -0.2) is 52.9 Å². The molecular weight excluding hydrogens is 364 g/mol. The minimum atomic E-state index is -0.117. The Labute approximate surface area is 171 Å². The molecule has 2 aromatic carbocycles. The standard InChI is InChI=1S/C23H26N4O2/c1-18-22(15-25-27(18)20-10-6-3-7-11-20)23(28)24-14-21-17-26(12-13-29-21)16-19-8-4-2-5-9-19/h2-11,15,21H,12-14,16-17H2,1H3,(H,24,28). The second kappa shape index (κ2) is 9.03. The van der Waals surface area contributed by atoms with Crippen LogP contribution in [0.3, 0.4) is 0 Å². The third-order valence-electron chi connectivity index (χ3n) is 5.22. The molecule has 1 fully saturated rings. The molecule has 1 atom stereocenters. The molecule has 1 aliphatic heterocycles. The molecule has 1 aromatic heterocycles. The summed E-state index contributed by atoms with van der Waals surface area (Å²) in [6.45, 7) is 5.68. The van der Waals surface area contributed by atoms with E-state index in [4.69, 9.17) is 4.74 Å². The SMILES string of the molecule is Cc1c(C(=O)NCC2CN(Cc3ccccc3)CCO2)cnn1-c1ccccc1. The van der Waals surface area contributed by atoms with Gasteiger partial charge >= 0.3 is 0 Å². The number of para-hydroxylation sites is 1. The Balaban J connectivity index is 1.33. The van der Waals surface area contributed by atoms with E-state index in [1.165, 1.54) is 5.56 Å². The lowest BCUT2D eigenvalue weighted by Crippen LogP contribution is -2.47. The van der Waals surface area contributed by atoms with E-state index in [0.29, 0.717) is 18.7 Å². The van der Waals surface area contributed by atoms with Crippen molar-refractivity contribution in [3.05, 3.63) is 83.7 Å². The molecule has 6 nitrogen and oxygen atoms in total. The summed E-state index contributed by atoms with van der Waals surface area (Å²) < 4.78 is 7.65. The quantitative estimate of drug-likeness (QED) is 0.703. The van der Waals surface area contributed by atoms with E-state index < -0.39 is 0 Å². The maximum Gasteiger partial charge on any atom is 0.254 e. The molecule has 150 valence electrons. The maximum atomic E-state index is 12.7. The van der Waals surface area contributed by atoms with E-state index in [9.17, 15) is 4.79 Å². The van der Waals surface area contributed by atoms with Gasteiger partial charge in [-0.05, 0) is 24.6 Å². The van der Waals surface area contributed by atoms with Gasteiger partial charge in [0.2, 0.25) is 0 Å². The first-order chi connectivity index (χ1) is 14.2. The van der Waals surface area contributed by atoms with Crippen LogP contribution in [0.25, 0.3) is 5.69 Å². The highest BCUT2D eigenvalue weighted by molar-refractivity contribution is 5.95. The number of hydrogen-bond donors (Lipinski definition) is 1. The van der Waals surface area contributed by atoms with Crippen LogP contribution in [0.2, 0.25) is 0 Å². The van der Waals surface area contributed by atoms with Gasteiger partial charge in [0.1, 0.15) is 0 Å². The summed E-state index contributed by atoms with van der Waals surface area (Å²) in [5.41, 5.74) is 3.65. The lowest BCUT2D eigenvalue weighted by molar-refractivity contribution is -0.0292. The van der Waals surface area contributed by atoms with Gasteiger partial charge in [0.05, 0.1) is 35.9 Å². The lowest BCUT2D eigenvalue weighted by Gasteiger charge is -2.33. The van der Waals surface area contributed by atoms with Gasteiger partial charge in [-0.25, -0.2) is 4.68 Å². The van der Waals surface area contributed by atoms with E-state index in [1.54, 1.807) is 10.9 Å². The van der Waals surface area contributed by atoms with Gasteiger partial charge in [-0.15, -0.1) is 0 Å². The van der Waals surface area contributed by atoms with Crippen LogP contribution in [0.4, 0.5) is 0 Å². The van der Waals surface area contributed by atoms with Crippen molar-refractivity contribution in [3.8, 4) is 5.69 Å². The van der Waals surface area contributed by atoms with Crippen LogP contribution in [0.15, 0.2) is 66.9 Å². The Morgan fingerprint density at radius 1 is 1.14 bits per heavy atom. The average molecular weight is 390 g/mol. The number of hydrogen-bond acceptors (Lipinski definition) is 4. The first-order valence-electron chi connectivity index (χ1n) is 9.97. The average Bonchev–Trinajstić information content (AvgIpc) is 3.15. The molecular formula is C23H26N4O2. The van der Waals surface area contributed by atoms with Gasteiger partial charge in [-0.3, -0.25) is 9.69 Å². The molecule has 0 aliphatic carbocycles. The van der Waals surface area contributed by atoms with Gasteiger partial charge in [-0.2, -0.15) is 5.10 Å². The maximum absolute atomic E-state index is 12.7. The number of benzene rings is 2. The number of ether oxygens (including phenoxy) is 1. The van der Waals surface area contributed by atoms with Gasteiger partial charge in [0.15, 0.2) is 0 Å². The fourth-order valence-electron chi connectivity index (χ4n) is 3.65. The molecule has 1 amide bonds. The van der Waals surface area contributed by atoms with E-state index in [-0.39, 0.29) is 12.0 Å². The number of nitrogens with one attached hydrogen (secondary N) is 1. The number of morpholine rings is 1. The molecule has 4 rings (SSSR count). The topological polar surface area (TPSA) is 59.4 Å². The molecule has 6 heteroatoms. The molecule has 3 aromatic rings. The third-order valence-corrected chi connectivity index (χ3v) is 5.22.